The second-order valence-electron chi connectivity index (χ2n) is 3.25. The Kier molecular flexibility index (Phi) is 6.30. The second kappa shape index (κ2) is 6.75. The average Bonchev–Trinajstić information content (AvgIpc) is 2.18. The number of halogens is 6. The van der Waals surface area contributed by atoms with Crippen LogP contribution < -0.4 is 0 Å². The minimum Gasteiger partial charge on any atom is -0.479 e. The van der Waals surface area contributed by atoms with E-state index in [0.717, 1.165) is 6.08 Å². The zero-order valence-electron chi connectivity index (χ0n) is 9.29. The van der Waals surface area contributed by atoms with Gasteiger partial charge < -0.3 is 14.6 Å². The van der Waals surface area contributed by atoms with E-state index in [1.807, 2.05) is 0 Å². The van der Waals surface area contributed by atoms with Crippen molar-refractivity contribution in [2.45, 2.75) is 24.6 Å². The van der Waals surface area contributed by atoms with Gasteiger partial charge in [0.2, 0.25) is 0 Å². The highest BCUT2D eigenvalue weighted by Crippen LogP contribution is 2.27. The maximum atomic E-state index is 12.3. The lowest BCUT2D eigenvalue weighted by Gasteiger charge is -2.23. The predicted molar refractivity (Wildman–Crippen MR) is 49.4 cm³/mol. The van der Waals surface area contributed by atoms with E-state index in [4.69, 9.17) is 5.11 Å². The fourth-order valence-electron chi connectivity index (χ4n) is 0.911. The van der Waals surface area contributed by atoms with E-state index in [0.29, 0.717) is 0 Å². The molecule has 0 rings (SSSR count). The van der Waals surface area contributed by atoms with Crippen molar-refractivity contribution in [1.29, 1.82) is 0 Å². The van der Waals surface area contributed by atoms with E-state index in [-0.39, 0.29) is 0 Å². The first-order valence-electron chi connectivity index (χ1n) is 4.70. The van der Waals surface area contributed by atoms with Gasteiger partial charge in [-0.05, 0) is 0 Å². The van der Waals surface area contributed by atoms with E-state index in [2.05, 4.69) is 16.1 Å². The van der Waals surface area contributed by atoms with Crippen LogP contribution in [0.3, 0.4) is 0 Å². The van der Waals surface area contributed by atoms with Crippen molar-refractivity contribution in [3.05, 3.63) is 12.7 Å². The Labute approximate surface area is 103 Å². The lowest BCUT2D eigenvalue weighted by Crippen LogP contribution is -2.44. The number of carboxylic acid groups (broad SMARTS) is 1. The summed E-state index contributed by atoms with van der Waals surface area (Å²) in [6.45, 7) is 0.909. The number of rotatable bonds is 7. The van der Waals surface area contributed by atoms with Crippen molar-refractivity contribution >= 4 is 5.97 Å². The molecule has 0 radical (unpaired) electrons. The summed E-state index contributed by atoms with van der Waals surface area (Å²) in [4.78, 5) is 10.2. The predicted octanol–water partition coefficient (Wildman–Crippen LogP) is 2.15. The van der Waals surface area contributed by atoms with Gasteiger partial charge in [-0.25, -0.2) is 4.79 Å². The Morgan fingerprint density at radius 2 is 1.68 bits per heavy atom. The minimum absolute atomic E-state index is 0.572. The van der Waals surface area contributed by atoms with Gasteiger partial charge >= 0.3 is 18.3 Å². The van der Waals surface area contributed by atoms with Crippen LogP contribution >= 0.6 is 0 Å². The van der Waals surface area contributed by atoms with Gasteiger partial charge in [0.1, 0.15) is 0 Å². The fourth-order valence-corrected chi connectivity index (χ4v) is 0.911. The number of alkyl halides is 6. The van der Waals surface area contributed by atoms with Gasteiger partial charge in [0.25, 0.3) is 6.10 Å². The van der Waals surface area contributed by atoms with Crippen molar-refractivity contribution in [2.75, 3.05) is 13.2 Å². The average molecular weight is 296 g/mol. The van der Waals surface area contributed by atoms with Crippen LogP contribution in [0.25, 0.3) is 0 Å². The monoisotopic (exact) mass is 296 g/mol. The molecule has 0 fully saturated rings. The van der Waals surface area contributed by atoms with Crippen LogP contribution in [0.5, 0.6) is 0 Å². The van der Waals surface area contributed by atoms with Crippen LogP contribution in [0, 0.1) is 0 Å². The molecule has 10 heteroatoms. The fraction of sp³-hybridized carbons (Fsp3) is 0.667. The molecule has 0 aromatic carbocycles. The van der Waals surface area contributed by atoms with E-state index in [1.165, 1.54) is 0 Å². The smallest absolute Gasteiger partial charge is 0.425 e. The van der Waals surface area contributed by atoms with Crippen LogP contribution in [0.1, 0.15) is 0 Å². The summed E-state index contributed by atoms with van der Waals surface area (Å²) in [5.41, 5.74) is 0. The summed E-state index contributed by atoms with van der Waals surface area (Å²) in [7, 11) is 0. The topological polar surface area (TPSA) is 55.8 Å². The highest BCUT2D eigenvalue weighted by Gasteiger charge is 2.49. The van der Waals surface area contributed by atoms with Crippen molar-refractivity contribution in [2.24, 2.45) is 0 Å². The standard InChI is InChI=1S/C9H10F6O4/c1-2-3-18-5(8(10,11)12)4-19-6(7(16)17)9(13,14)15/h2,5-6H,1,3-4H2,(H,16,17). The normalized spacial score (nSPS) is 15.9. The minimum atomic E-state index is -5.32. The molecule has 0 aliphatic heterocycles. The van der Waals surface area contributed by atoms with Crippen molar-refractivity contribution < 1.29 is 45.7 Å². The van der Waals surface area contributed by atoms with Gasteiger partial charge in [0.15, 0.2) is 6.10 Å². The molecule has 0 aliphatic carbocycles. The molecule has 19 heavy (non-hydrogen) atoms. The molecule has 112 valence electrons. The Morgan fingerprint density at radius 1 is 1.16 bits per heavy atom. The molecule has 0 bridgehead atoms. The van der Waals surface area contributed by atoms with Gasteiger partial charge in [-0.1, -0.05) is 6.08 Å². The molecule has 0 saturated carbocycles. The van der Waals surface area contributed by atoms with Crippen LogP contribution in [0.15, 0.2) is 12.7 Å². The molecule has 0 spiro atoms. The molecule has 0 heterocycles. The van der Waals surface area contributed by atoms with Gasteiger partial charge in [0.05, 0.1) is 13.2 Å². The van der Waals surface area contributed by atoms with E-state index in [9.17, 15) is 31.1 Å². The molecule has 2 atom stereocenters. The third kappa shape index (κ3) is 6.43. The summed E-state index contributed by atoms with van der Waals surface area (Å²) in [5, 5.41) is 8.22. The second-order valence-corrected chi connectivity index (χ2v) is 3.25. The first kappa shape index (κ1) is 17.7. The first-order valence-corrected chi connectivity index (χ1v) is 4.70. The molecule has 0 aromatic rings. The number of hydrogen-bond donors (Lipinski definition) is 1. The van der Waals surface area contributed by atoms with Crippen LogP contribution in [-0.4, -0.2) is 48.9 Å². The molecular formula is C9H10F6O4. The largest absolute Gasteiger partial charge is 0.479 e. The Balaban J connectivity index is 4.68. The third-order valence-corrected chi connectivity index (χ3v) is 1.72. The summed E-state index contributed by atoms with van der Waals surface area (Å²) in [5.74, 6) is -2.43. The maximum absolute atomic E-state index is 12.3. The molecule has 2 unspecified atom stereocenters. The summed E-state index contributed by atoms with van der Waals surface area (Å²) < 4.78 is 81.3. The Bertz CT molecular complexity index is 311. The van der Waals surface area contributed by atoms with Gasteiger partial charge in [-0.2, -0.15) is 26.3 Å². The molecule has 1 N–H and O–H groups in total. The van der Waals surface area contributed by atoms with Gasteiger partial charge in [-0.15, -0.1) is 6.58 Å². The lowest BCUT2D eigenvalue weighted by molar-refractivity contribution is -0.262. The molecule has 0 amide bonds. The van der Waals surface area contributed by atoms with Crippen molar-refractivity contribution in [3.63, 3.8) is 0 Å². The van der Waals surface area contributed by atoms with Crippen LogP contribution in [0.4, 0.5) is 26.3 Å². The quantitative estimate of drug-likeness (QED) is 0.578. The molecule has 0 aliphatic rings. The summed E-state index contributed by atoms with van der Waals surface area (Å²) in [6.07, 6.45) is -15.4. The SMILES string of the molecule is C=CCOC(COC(C(=O)O)C(F)(F)F)C(F)(F)F. The first-order chi connectivity index (χ1) is 8.50. The van der Waals surface area contributed by atoms with Gasteiger partial charge in [0, 0.05) is 0 Å². The Hall–Kier alpha value is -1.29. The molecular weight excluding hydrogens is 286 g/mol. The Morgan fingerprint density at radius 3 is 2.00 bits per heavy atom. The van der Waals surface area contributed by atoms with E-state index in [1.54, 1.807) is 0 Å². The molecule has 0 saturated heterocycles. The number of carboxylic acids is 1. The van der Waals surface area contributed by atoms with Crippen molar-refractivity contribution in [3.8, 4) is 0 Å². The molecule has 4 nitrogen and oxygen atoms in total. The lowest BCUT2D eigenvalue weighted by atomic mass is 10.3. The van der Waals surface area contributed by atoms with Gasteiger partial charge in [-0.3, -0.25) is 0 Å². The zero-order chi connectivity index (χ0) is 15.3. The van der Waals surface area contributed by atoms with E-state index < -0.39 is 43.7 Å². The maximum Gasteiger partial charge on any atom is 0.425 e. The number of aliphatic carboxylic acids is 1. The number of ether oxygens (including phenoxy) is 2. The number of carbonyl (C=O) groups is 1. The number of hydrogen-bond acceptors (Lipinski definition) is 3. The third-order valence-electron chi connectivity index (χ3n) is 1.72. The highest BCUT2D eigenvalue weighted by molar-refractivity contribution is 5.73. The molecule has 0 aromatic heterocycles. The van der Waals surface area contributed by atoms with Crippen molar-refractivity contribution in [1.82, 2.24) is 0 Å². The van der Waals surface area contributed by atoms with Crippen LogP contribution in [0.2, 0.25) is 0 Å². The highest BCUT2D eigenvalue weighted by atomic mass is 19.4. The van der Waals surface area contributed by atoms with E-state index >= 15 is 0 Å². The van der Waals surface area contributed by atoms with Crippen LogP contribution in [-0.2, 0) is 14.3 Å². The zero-order valence-corrected chi connectivity index (χ0v) is 9.29. The summed E-state index contributed by atoms with van der Waals surface area (Å²) >= 11 is 0. The summed E-state index contributed by atoms with van der Waals surface area (Å²) in [6, 6.07) is 0.